The number of amides is 1. The summed E-state index contributed by atoms with van der Waals surface area (Å²) >= 11 is 0. The van der Waals surface area contributed by atoms with Crippen molar-refractivity contribution in [3.63, 3.8) is 0 Å². The topological polar surface area (TPSA) is 37.4 Å². The molecule has 0 N–H and O–H groups in total. The number of carbonyl (C=O) groups is 2. The van der Waals surface area contributed by atoms with Crippen LogP contribution < -0.4 is 0 Å². The molecule has 1 aliphatic rings. The number of Topliss-reactive ketones (excluding diaryl/α,β-unsaturated/α-hetero) is 1. The third kappa shape index (κ3) is 2.55. The Morgan fingerprint density at radius 1 is 1.26 bits per heavy atom. The van der Waals surface area contributed by atoms with Gasteiger partial charge in [0.1, 0.15) is 0 Å². The molecule has 19 heavy (non-hydrogen) atoms. The lowest BCUT2D eigenvalue weighted by Gasteiger charge is -2.30. The number of ketones is 1. The normalized spacial score (nSPS) is 17.9. The summed E-state index contributed by atoms with van der Waals surface area (Å²) in [6.07, 6.45) is 0.851. The van der Waals surface area contributed by atoms with Crippen LogP contribution in [-0.2, 0) is 16.0 Å². The van der Waals surface area contributed by atoms with Gasteiger partial charge in [-0.25, -0.2) is 0 Å². The first-order valence-corrected chi connectivity index (χ1v) is 6.72. The molecule has 2 rings (SSSR count). The van der Waals surface area contributed by atoms with Crippen LogP contribution >= 0.6 is 0 Å². The second-order valence-electron chi connectivity index (χ2n) is 5.87. The maximum Gasteiger partial charge on any atom is 0.227 e. The van der Waals surface area contributed by atoms with Crippen LogP contribution in [0.15, 0.2) is 18.2 Å². The van der Waals surface area contributed by atoms with E-state index in [4.69, 9.17) is 0 Å². The van der Waals surface area contributed by atoms with Crippen molar-refractivity contribution in [1.29, 1.82) is 0 Å². The van der Waals surface area contributed by atoms with Crippen molar-refractivity contribution in [1.82, 2.24) is 4.90 Å². The fraction of sp³-hybridized carbons (Fsp3) is 0.500. The minimum absolute atomic E-state index is 0.0408. The summed E-state index contributed by atoms with van der Waals surface area (Å²) in [5.41, 5.74) is 2.80. The van der Waals surface area contributed by atoms with Crippen LogP contribution in [0.25, 0.3) is 0 Å². The van der Waals surface area contributed by atoms with E-state index in [9.17, 15) is 9.59 Å². The van der Waals surface area contributed by atoms with Crippen LogP contribution in [0.4, 0.5) is 0 Å². The van der Waals surface area contributed by atoms with Crippen LogP contribution in [0, 0.1) is 13.8 Å². The first-order chi connectivity index (χ1) is 8.82. The van der Waals surface area contributed by atoms with Gasteiger partial charge in [0.15, 0.2) is 5.78 Å². The average Bonchev–Trinajstić information content (AvgIpc) is 2.59. The fourth-order valence-electron chi connectivity index (χ4n) is 2.57. The smallest absolute Gasteiger partial charge is 0.227 e. The molecule has 0 atom stereocenters. The molecule has 1 aromatic rings. The van der Waals surface area contributed by atoms with Crippen molar-refractivity contribution in [2.75, 3.05) is 6.54 Å². The molecule has 0 saturated carbocycles. The van der Waals surface area contributed by atoms with E-state index < -0.39 is 5.54 Å². The molecule has 3 nitrogen and oxygen atoms in total. The Kier molecular flexibility index (Phi) is 3.48. The van der Waals surface area contributed by atoms with E-state index in [2.05, 4.69) is 13.0 Å². The highest BCUT2D eigenvalue weighted by Crippen LogP contribution is 2.26. The molecule has 1 heterocycles. The molecule has 0 bridgehead atoms. The molecule has 0 spiro atoms. The van der Waals surface area contributed by atoms with Crippen molar-refractivity contribution in [2.45, 2.75) is 46.1 Å². The summed E-state index contributed by atoms with van der Waals surface area (Å²) in [5, 5.41) is 0. The monoisotopic (exact) mass is 259 g/mol. The lowest BCUT2D eigenvalue weighted by atomic mass is 9.99. The van der Waals surface area contributed by atoms with Crippen molar-refractivity contribution >= 4 is 11.7 Å². The summed E-state index contributed by atoms with van der Waals surface area (Å²) in [5.74, 6) is 0.194. The predicted octanol–water partition coefficient (Wildman–Crippen LogP) is 2.43. The van der Waals surface area contributed by atoms with Gasteiger partial charge in [-0.2, -0.15) is 0 Å². The highest BCUT2D eigenvalue weighted by Gasteiger charge is 2.42. The summed E-state index contributed by atoms with van der Waals surface area (Å²) in [6, 6.07) is 6.08. The van der Waals surface area contributed by atoms with Crippen molar-refractivity contribution in [2.24, 2.45) is 0 Å². The third-order valence-electron chi connectivity index (χ3n) is 4.15. The standard InChI is InChI=1S/C16H21NO2/c1-11-5-6-13(9-12(11)2)10-15(19)17-8-7-14(18)16(17,3)4/h5-6,9H,7-8,10H2,1-4H3. The van der Waals surface area contributed by atoms with Crippen LogP contribution in [-0.4, -0.2) is 28.7 Å². The molecular formula is C16H21NO2. The van der Waals surface area contributed by atoms with Crippen LogP contribution in [0.3, 0.4) is 0 Å². The van der Waals surface area contributed by atoms with Gasteiger partial charge in [-0.15, -0.1) is 0 Å². The van der Waals surface area contributed by atoms with Gasteiger partial charge in [0.25, 0.3) is 0 Å². The highest BCUT2D eigenvalue weighted by molar-refractivity contribution is 5.95. The SMILES string of the molecule is Cc1ccc(CC(=O)N2CCC(=O)C2(C)C)cc1C. The summed E-state index contributed by atoms with van der Waals surface area (Å²) < 4.78 is 0. The van der Waals surface area contributed by atoms with Crippen molar-refractivity contribution < 1.29 is 9.59 Å². The van der Waals surface area contributed by atoms with E-state index in [1.165, 1.54) is 11.1 Å². The van der Waals surface area contributed by atoms with Gasteiger partial charge in [-0.1, -0.05) is 18.2 Å². The molecule has 1 saturated heterocycles. The molecule has 0 unspecified atom stereocenters. The van der Waals surface area contributed by atoms with E-state index in [1.807, 2.05) is 32.9 Å². The Labute approximate surface area is 114 Å². The number of nitrogens with zero attached hydrogens (tertiary/aromatic N) is 1. The zero-order valence-corrected chi connectivity index (χ0v) is 12.1. The zero-order chi connectivity index (χ0) is 14.2. The quantitative estimate of drug-likeness (QED) is 0.818. The average molecular weight is 259 g/mol. The van der Waals surface area contributed by atoms with Gasteiger partial charge in [-0.3, -0.25) is 9.59 Å². The van der Waals surface area contributed by atoms with Crippen molar-refractivity contribution in [3.8, 4) is 0 Å². The van der Waals surface area contributed by atoms with E-state index in [0.717, 1.165) is 5.56 Å². The molecule has 0 radical (unpaired) electrons. The first-order valence-electron chi connectivity index (χ1n) is 6.72. The Hall–Kier alpha value is -1.64. The number of hydrogen-bond donors (Lipinski definition) is 0. The molecule has 3 heteroatoms. The molecule has 0 aliphatic carbocycles. The molecule has 102 valence electrons. The number of aryl methyl sites for hydroxylation is 2. The number of benzene rings is 1. The van der Waals surface area contributed by atoms with Gasteiger partial charge in [0.05, 0.1) is 12.0 Å². The van der Waals surface area contributed by atoms with Crippen LogP contribution in [0.5, 0.6) is 0 Å². The minimum atomic E-state index is -0.642. The Balaban J connectivity index is 2.13. The van der Waals surface area contributed by atoms with Gasteiger partial charge in [0, 0.05) is 13.0 Å². The van der Waals surface area contributed by atoms with E-state index in [0.29, 0.717) is 19.4 Å². The number of rotatable bonds is 2. The summed E-state index contributed by atoms with van der Waals surface area (Å²) in [7, 11) is 0. The molecular weight excluding hydrogens is 238 g/mol. The summed E-state index contributed by atoms with van der Waals surface area (Å²) in [6.45, 7) is 8.33. The molecule has 1 aliphatic heterocycles. The van der Waals surface area contributed by atoms with Crippen LogP contribution in [0.1, 0.15) is 37.0 Å². The van der Waals surface area contributed by atoms with Crippen LogP contribution in [0.2, 0.25) is 0 Å². The molecule has 0 aromatic heterocycles. The third-order valence-corrected chi connectivity index (χ3v) is 4.15. The molecule has 1 amide bonds. The predicted molar refractivity (Wildman–Crippen MR) is 75.0 cm³/mol. The van der Waals surface area contributed by atoms with E-state index in [1.54, 1.807) is 4.90 Å². The molecule has 1 fully saturated rings. The van der Waals surface area contributed by atoms with Gasteiger partial charge < -0.3 is 4.90 Å². The minimum Gasteiger partial charge on any atom is -0.330 e. The lowest BCUT2D eigenvalue weighted by molar-refractivity contribution is -0.138. The van der Waals surface area contributed by atoms with Gasteiger partial charge in [0.2, 0.25) is 5.91 Å². The lowest BCUT2D eigenvalue weighted by Crippen LogP contribution is -2.46. The number of likely N-dealkylation sites (tertiary alicyclic amines) is 1. The molecule has 1 aromatic carbocycles. The van der Waals surface area contributed by atoms with Gasteiger partial charge >= 0.3 is 0 Å². The van der Waals surface area contributed by atoms with Crippen molar-refractivity contribution in [3.05, 3.63) is 34.9 Å². The van der Waals surface area contributed by atoms with E-state index in [-0.39, 0.29) is 11.7 Å². The Morgan fingerprint density at radius 3 is 2.47 bits per heavy atom. The Bertz CT molecular complexity index is 532. The number of carbonyl (C=O) groups excluding carboxylic acids is 2. The maximum atomic E-state index is 12.3. The van der Waals surface area contributed by atoms with Gasteiger partial charge in [-0.05, 0) is 44.4 Å². The number of hydrogen-bond acceptors (Lipinski definition) is 2. The second kappa shape index (κ2) is 4.80. The summed E-state index contributed by atoms with van der Waals surface area (Å²) in [4.78, 5) is 25.8. The zero-order valence-electron chi connectivity index (χ0n) is 12.1. The van der Waals surface area contributed by atoms with E-state index >= 15 is 0 Å². The largest absolute Gasteiger partial charge is 0.330 e. The fourth-order valence-corrected chi connectivity index (χ4v) is 2.57. The second-order valence-corrected chi connectivity index (χ2v) is 5.87. The maximum absolute atomic E-state index is 12.3. The highest BCUT2D eigenvalue weighted by atomic mass is 16.2. The first kappa shape index (κ1) is 13.8. The Morgan fingerprint density at radius 2 is 1.95 bits per heavy atom.